The van der Waals surface area contributed by atoms with E-state index in [4.69, 9.17) is 23.2 Å². The van der Waals surface area contributed by atoms with E-state index in [1.807, 2.05) is 0 Å². The first kappa shape index (κ1) is 14.9. The summed E-state index contributed by atoms with van der Waals surface area (Å²) in [6, 6.07) is 6.05. The highest BCUT2D eigenvalue weighted by Crippen LogP contribution is 2.26. The molecular formula is C13H8Cl2F3NO. The number of alkyl halides is 3. The lowest BCUT2D eigenvalue weighted by Crippen LogP contribution is -2.22. The predicted molar refractivity (Wildman–Crippen MR) is 70.4 cm³/mol. The number of hydrogen-bond acceptors (Lipinski definition) is 1. The van der Waals surface area contributed by atoms with Gasteiger partial charge in [0.1, 0.15) is 0 Å². The van der Waals surface area contributed by atoms with Gasteiger partial charge < -0.3 is 4.57 Å². The van der Waals surface area contributed by atoms with Crippen LogP contribution in [0.3, 0.4) is 0 Å². The lowest BCUT2D eigenvalue weighted by atomic mass is 10.2. The molecule has 0 aliphatic heterocycles. The third kappa shape index (κ3) is 3.16. The fraction of sp³-hybridized carbons (Fsp3) is 0.154. The van der Waals surface area contributed by atoms with Crippen molar-refractivity contribution >= 4 is 29.0 Å². The average Bonchev–Trinajstić information content (AvgIpc) is 2.80. The van der Waals surface area contributed by atoms with E-state index in [2.05, 4.69) is 0 Å². The van der Waals surface area contributed by atoms with Crippen molar-refractivity contribution in [2.24, 2.45) is 0 Å². The van der Waals surface area contributed by atoms with Gasteiger partial charge in [-0.25, -0.2) is 0 Å². The van der Waals surface area contributed by atoms with Crippen LogP contribution in [0.4, 0.5) is 13.2 Å². The lowest BCUT2D eigenvalue weighted by Gasteiger charge is -2.08. The minimum Gasteiger partial charge on any atom is -0.349 e. The van der Waals surface area contributed by atoms with Crippen LogP contribution in [0.1, 0.15) is 15.9 Å². The number of hydrogen-bond donors (Lipinski definition) is 0. The molecule has 0 saturated carbocycles. The number of nitrogens with zero attached hydrogens (tertiary/aromatic N) is 1. The van der Waals surface area contributed by atoms with Crippen molar-refractivity contribution in [3.8, 4) is 0 Å². The van der Waals surface area contributed by atoms with Crippen LogP contribution in [-0.4, -0.2) is 16.5 Å². The Hall–Kier alpha value is -1.46. The Morgan fingerprint density at radius 1 is 1.15 bits per heavy atom. The fourth-order valence-electron chi connectivity index (χ4n) is 1.70. The second-order valence-corrected chi connectivity index (χ2v) is 4.91. The number of ketones is 1. The minimum atomic E-state index is -4.88. The molecule has 0 aliphatic carbocycles. The molecule has 106 valence electrons. The zero-order chi connectivity index (χ0) is 14.9. The Morgan fingerprint density at radius 2 is 1.75 bits per heavy atom. The Bertz CT molecular complexity index is 629. The quantitative estimate of drug-likeness (QED) is 0.758. The molecule has 0 unspecified atom stereocenters. The van der Waals surface area contributed by atoms with Crippen molar-refractivity contribution in [3.05, 3.63) is 57.8 Å². The highest BCUT2D eigenvalue weighted by molar-refractivity contribution is 6.35. The van der Waals surface area contributed by atoms with E-state index < -0.39 is 17.5 Å². The van der Waals surface area contributed by atoms with Gasteiger partial charge in [-0.15, -0.1) is 0 Å². The molecule has 0 spiro atoms. The van der Waals surface area contributed by atoms with E-state index in [1.54, 1.807) is 18.2 Å². The summed E-state index contributed by atoms with van der Waals surface area (Å²) < 4.78 is 38.3. The highest BCUT2D eigenvalue weighted by Gasteiger charge is 2.39. The molecule has 0 atom stereocenters. The van der Waals surface area contributed by atoms with Gasteiger partial charge in [0.15, 0.2) is 0 Å². The van der Waals surface area contributed by atoms with Crippen molar-refractivity contribution in [1.29, 1.82) is 0 Å². The summed E-state index contributed by atoms with van der Waals surface area (Å²) in [7, 11) is 0. The van der Waals surface area contributed by atoms with E-state index in [0.29, 0.717) is 15.6 Å². The fourth-order valence-corrected chi connectivity index (χ4v) is 2.22. The molecule has 0 aliphatic rings. The first-order chi connectivity index (χ1) is 9.29. The third-order valence-electron chi connectivity index (χ3n) is 2.67. The van der Waals surface area contributed by atoms with Gasteiger partial charge in [0, 0.05) is 40.1 Å². The van der Waals surface area contributed by atoms with Crippen molar-refractivity contribution < 1.29 is 18.0 Å². The van der Waals surface area contributed by atoms with E-state index >= 15 is 0 Å². The number of aromatic nitrogens is 1. The van der Waals surface area contributed by atoms with Crippen LogP contribution < -0.4 is 0 Å². The second-order valence-electron chi connectivity index (χ2n) is 4.10. The molecule has 20 heavy (non-hydrogen) atoms. The van der Waals surface area contributed by atoms with Crippen LogP contribution in [-0.2, 0) is 6.54 Å². The molecule has 1 aromatic carbocycles. The molecule has 2 rings (SSSR count). The Kier molecular flexibility index (Phi) is 4.11. The maximum atomic E-state index is 12.3. The number of Topliss-reactive ketones (excluding diaryl/α,β-unsaturated/α-hetero) is 1. The zero-order valence-corrected chi connectivity index (χ0v) is 11.4. The van der Waals surface area contributed by atoms with Crippen molar-refractivity contribution in [1.82, 2.24) is 4.57 Å². The molecule has 0 saturated heterocycles. The SMILES string of the molecule is O=C(c1ccn(Cc2c(Cl)cccc2Cl)c1)C(F)(F)F. The maximum absolute atomic E-state index is 12.3. The van der Waals surface area contributed by atoms with Crippen molar-refractivity contribution in [2.75, 3.05) is 0 Å². The van der Waals surface area contributed by atoms with Crippen molar-refractivity contribution in [3.63, 3.8) is 0 Å². The summed E-state index contributed by atoms with van der Waals surface area (Å²) in [5.74, 6) is -1.87. The molecule has 0 radical (unpaired) electrons. The van der Waals surface area contributed by atoms with Crippen molar-refractivity contribution in [2.45, 2.75) is 12.7 Å². The lowest BCUT2D eigenvalue weighted by molar-refractivity contribution is -0.0885. The van der Waals surface area contributed by atoms with Gasteiger partial charge >= 0.3 is 6.18 Å². The van der Waals surface area contributed by atoms with E-state index in [9.17, 15) is 18.0 Å². The number of carbonyl (C=O) groups is 1. The molecule has 7 heteroatoms. The van der Waals surface area contributed by atoms with Crippen LogP contribution >= 0.6 is 23.2 Å². The smallest absolute Gasteiger partial charge is 0.349 e. The number of benzene rings is 1. The average molecular weight is 322 g/mol. The first-order valence-electron chi connectivity index (χ1n) is 5.49. The summed E-state index contributed by atoms with van der Waals surface area (Å²) in [4.78, 5) is 11.1. The van der Waals surface area contributed by atoms with Crippen LogP contribution in [0.15, 0.2) is 36.7 Å². The number of carbonyl (C=O) groups excluding carboxylic acids is 1. The second kappa shape index (κ2) is 5.50. The summed E-state index contributed by atoms with van der Waals surface area (Å²) >= 11 is 12.0. The molecule has 0 N–H and O–H groups in total. The predicted octanol–water partition coefficient (Wildman–Crippen LogP) is 4.59. The van der Waals surface area contributed by atoms with Crippen LogP contribution in [0.5, 0.6) is 0 Å². The van der Waals surface area contributed by atoms with Gasteiger partial charge in [-0.2, -0.15) is 13.2 Å². The van der Waals surface area contributed by atoms with Crippen LogP contribution in [0, 0.1) is 0 Å². The summed E-state index contributed by atoms with van der Waals surface area (Å²) in [5.41, 5.74) is 0.165. The Balaban J connectivity index is 2.25. The first-order valence-corrected chi connectivity index (χ1v) is 6.25. The van der Waals surface area contributed by atoms with Crippen LogP contribution in [0.25, 0.3) is 0 Å². The van der Waals surface area contributed by atoms with E-state index in [0.717, 1.165) is 12.3 Å². The van der Waals surface area contributed by atoms with Gasteiger partial charge in [-0.3, -0.25) is 4.79 Å². The van der Waals surface area contributed by atoms with Gasteiger partial charge in [0.2, 0.25) is 0 Å². The number of halogens is 5. The molecule has 1 aromatic heterocycles. The van der Waals surface area contributed by atoms with E-state index in [-0.39, 0.29) is 6.54 Å². The minimum absolute atomic E-state index is 0.184. The van der Waals surface area contributed by atoms with Gasteiger partial charge in [-0.1, -0.05) is 29.3 Å². The molecular weight excluding hydrogens is 314 g/mol. The number of rotatable bonds is 3. The van der Waals surface area contributed by atoms with Gasteiger partial charge in [-0.05, 0) is 18.2 Å². The Labute approximate surface area is 122 Å². The molecule has 2 aromatic rings. The summed E-state index contributed by atoms with van der Waals surface area (Å²) in [6.07, 6.45) is -2.39. The highest BCUT2D eigenvalue weighted by atomic mass is 35.5. The largest absolute Gasteiger partial charge is 0.454 e. The topological polar surface area (TPSA) is 22.0 Å². The van der Waals surface area contributed by atoms with Gasteiger partial charge in [0.25, 0.3) is 5.78 Å². The molecule has 0 fully saturated rings. The normalized spacial score (nSPS) is 11.7. The monoisotopic (exact) mass is 321 g/mol. The standard InChI is InChI=1S/C13H8Cl2F3NO/c14-10-2-1-3-11(15)9(10)7-19-5-4-8(6-19)12(20)13(16,17)18/h1-6H,7H2. The van der Waals surface area contributed by atoms with Crippen LogP contribution in [0.2, 0.25) is 10.0 Å². The molecule has 1 heterocycles. The molecule has 0 amide bonds. The van der Waals surface area contributed by atoms with Gasteiger partial charge in [0.05, 0.1) is 0 Å². The molecule has 2 nitrogen and oxygen atoms in total. The summed E-state index contributed by atoms with van der Waals surface area (Å²) in [6.45, 7) is 0.184. The third-order valence-corrected chi connectivity index (χ3v) is 3.38. The Morgan fingerprint density at radius 3 is 2.30 bits per heavy atom. The molecule has 0 bridgehead atoms. The van der Waals surface area contributed by atoms with E-state index in [1.165, 1.54) is 10.8 Å². The zero-order valence-electron chi connectivity index (χ0n) is 9.92. The maximum Gasteiger partial charge on any atom is 0.454 e. The summed E-state index contributed by atoms with van der Waals surface area (Å²) in [5, 5.41) is 0.824.